The number of imide groups is 1. The summed E-state index contributed by atoms with van der Waals surface area (Å²) >= 11 is 3.17. The number of carbonyl (C=O) groups excluding carboxylic acids is 2. The minimum Gasteiger partial charge on any atom is -0.357 e. The summed E-state index contributed by atoms with van der Waals surface area (Å²) in [6.45, 7) is 0. The van der Waals surface area contributed by atoms with Crippen LogP contribution in [-0.4, -0.2) is 39.7 Å². The molecule has 0 aliphatic carbocycles. The van der Waals surface area contributed by atoms with Gasteiger partial charge in [0.2, 0.25) is 5.91 Å². The number of rotatable bonds is 3. The molecule has 2 heterocycles. The van der Waals surface area contributed by atoms with Crippen molar-refractivity contribution in [3.05, 3.63) is 26.9 Å². The van der Waals surface area contributed by atoms with E-state index in [1.807, 2.05) is 0 Å². The van der Waals surface area contributed by atoms with Gasteiger partial charge in [-0.3, -0.25) is 24.6 Å². The third-order valence-electron chi connectivity index (χ3n) is 3.00. The molecule has 0 spiro atoms. The van der Waals surface area contributed by atoms with Crippen molar-refractivity contribution in [1.29, 1.82) is 0 Å². The number of aromatic nitrogens is 1. The van der Waals surface area contributed by atoms with Crippen molar-refractivity contribution in [3.63, 3.8) is 0 Å². The van der Waals surface area contributed by atoms with Gasteiger partial charge in [-0.15, -0.1) is 0 Å². The van der Waals surface area contributed by atoms with Crippen LogP contribution in [0.15, 0.2) is 16.7 Å². The first kappa shape index (κ1) is 14.4. The summed E-state index contributed by atoms with van der Waals surface area (Å²) in [4.78, 5) is 38.3. The van der Waals surface area contributed by atoms with E-state index in [1.165, 1.54) is 13.1 Å². The Morgan fingerprint density at radius 2 is 2.25 bits per heavy atom. The number of halogens is 1. The Morgan fingerprint density at radius 3 is 2.85 bits per heavy atom. The van der Waals surface area contributed by atoms with Crippen LogP contribution in [0.25, 0.3) is 0 Å². The van der Waals surface area contributed by atoms with Gasteiger partial charge in [-0.05, 0) is 22.4 Å². The second-order valence-electron chi connectivity index (χ2n) is 4.31. The molecule has 8 nitrogen and oxygen atoms in total. The number of likely N-dealkylation sites (tertiary alicyclic amines) is 1. The molecule has 1 saturated heterocycles. The molecule has 9 heteroatoms. The quantitative estimate of drug-likeness (QED) is 0.504. The summed E-state index contributed by atoms with van der Waals surface area (Å²) in [6.07, 6.45) is 1.74. The number of amides is 2. The minimum atomic E-state index is -0.567. The highest BCUT2D eigenvalue weighted by molar-refractivity contribution is 9.10. The van der Waals surface area contributed by atoms with Gasteiger partial charge in [0.1, 0.15) is 18.1 Å². The van der Waals surface area contributed by atoms with Gasteiger partial charge in [0, 0.05) is 19.5 Å². The van der Waals surface area contributed by atoms with Crippen molar-refractivity contribution in [1.82, 2.24) is 9.88 Å². The number of nitrogens with zero attached hydrogens (tertiary/aromatic N) is 3. The van der Waals surface area contributed by atoms with Gasteiger partial charge in [-0.25, -0.2) is 4.98 Å². The summed E-state index contributed by atoms with van der Waals surface area (Å²) in [7, 11) is 1.43. The lowest BCUT2D eigenvalue weighted by Gasteiger charge is -2.28. The molecular weight excluding hydrogens is 332 g/mol. The fraction of sp³-hybridized carbons (Fsp3) is 0.364. The largest absolute Gasteiger partial charge is 0.357 e. The van der Waals surface area contributed by atoms with Crippen LogP contribution in [0, 0.1) is 10.1 Å². The molecule has 1 N–H and O–H groups in total. The van der Waals surface area contributed by atoms with Gasteiger partial charge >= 0.3 is 0 Å². The van der Waals surface area contributed by atoms with E-state index in [-0.39, 0.29) is 23.9 Å². The van der Waals surface area contributed by atoms with Crippen LogP contribution in [0.3, 0.4) is 0 Å². The van der Waals surface area contributed by atoms with E-state index in [9.17, 15) is 19.7 Å². The second-order valence-corrected chi connectivity index (χ2v) is 5.16. The van der Waals surface area contributed by atoms with Crippen LogP contribution in [-0.2, 0) is 9.59 Å². The molecule has 0 radical (unpaired) electrons. The molecule has 1 aliphatic rings. The van der Waals surface area contributed by atoms with Crippen molar-refractivity contribution in [2.24, 2.45) is 0 Å². The maximum absolute atomic E-state index is 11.9. The molecular formula is C11H11BrN4O4. The molecule has 1 atom stereocenters. The number of nitro groups is 1. The van der Waals surface area contributed by atoms with Crippen molar-refractivity contribution < 1.29 is 14.5 Å². The molecule has 1 unspecified atom stereocenters. The van der Waals surface area contributed by atoms with Crippen LogP contribution in [0.1, 0.15) is 12.8 Å². The third kappa shape index (κ3) is 2.77. The zero-order chi connectivity index (χ0) is 14.9. The van der Waals surface area contributed by atoms with Gasteiger partial charge in [0.25, 0.3) is 11.6 Å². The molecule has 0 bridgehead atoms. The molecule has 1 aromatic heterocycles. The summed E-state index contributed by atoms with van der Waals surface area (Å²) in [5.41, 5.74) is -0.148. The fourth-order valence-corrected chi connectivity index (χ4v) is 2.30. The van der Waals surface area contributed by atoms with E-state index < -0.39 is 11.0 Å². The Labute approximate surface area is 122 Å². The van der Waals surface area contributed by atoms with Gasteiger partial charge in [-0.2, -0.15) is 0 Å². The first-order valence-corrected chi connectivity index (χ1v) is 6.56. The fourth-order valence-electron chi connectivity index (χ4n) is 1.85. The lowest BCUT2D eigenvalue weighted by Crippen LogP contribution is -2.48. The maximum Gasteiger partial charge on any atom is 0.288 e. The lowest BCUT2D eigenvalue weighted by molar-refractivity contribution is -0.385. The highest BCUT2D eigenvalue weighted by Gasteiger charge is 2.32. The van der Waals surface area contributed by atoms with Gasteiger partial charge in [0.15, 0.2) is 0 Å². The topological polar surface area (TPSA) is 105 Å². The predicted molar refractivity (Wildman–Crippen MR) is 73.0 cm³/mol. The minimum absolute atomic E-state index is 0.148. The molecule has 20 heavy (non-hydrogen) atoms. The molecule has 0 aromatic carbocycles. The first-order valence-electron chi connectivity index (χ1n) is 5.77. The molecule has 106 valence electrons. The monoisotopic (exact) mass is 342 g/mol. The second kappa shape index (κ2) is 5.53. The summed E-state index contributed by atoms with van der Waals surface area (Å²) in [5, 5.41) is 13.5. The van der Waals surface area contributed by atoms with Crippen LogP contribution in [0.2, 0.25) is 0 Å². The highest BCUT2D eigenvalue weighted by Crippen LogP contribution is 2.26. The van der Waals surface area contributed by atoms with Crippen LogP contribution in [0.5, 0.6) is 0 Å². The maximum atomic E-state index is 11.9. The van der Waals surface area contributed by atoms with E-state index in [2.05, 4.69) is 26.2 Å². The average Bonchev–Trinajstić information content (AvgIpc) is 2.41. The van der Waals surface area contributed by atoms with E-state index >= 15 is 0 Å². The zero-order valence-electron chi connectivity index (χ0n) is 10.5. The predicted octanol–water partition coefficient (Wildman–Crippen LogP) is 1.31. The van der Waals surface area contributed by atoms with Crippen LogP contribution < -0.4 is 5.32 Å². The van der Waals surface area contributed by atoms with Gasteiger partial charge in [0.05, 0.1) is 9.40 Å². The van der Waals surface area contributed by atoms with E-state index in [0.29, 0.717) is 16.7 Å². The summed E-state index contributed by atoms with van der Waals surface area (Å²) in [6, 6.07) is 0.736. The zero-order valence-corrected chi connectivity index (χ0v) is 12.1. The molecule has 2 rings (SSSR count). The Bertz CT molecular complexity index is 592. The number of anilines is 1. The SMILES string of the molecule is CN1C(=O)CCC(Nc2ncc([N+](=O)[O-])cc2Br)C1=O. The molecule has 1 fully saturated rings. The van der Waals surface area contributed by atoms with Crippen molar-refractivity contribution in [3.8, 4) is 0 Å². The van der Waals surface area contributed by atoms with Crippen molar-refractivity contribution >= 4 is 39.2 Å². The number of hydrogen-bond donors (Lipinski definition) is 1. The van der Waals surface area contributed by atoms with Crippen molar-refractivity contribution in [2.75, 3.05) is 12.4 Å². The smallest absolute Gasteiger partial charge is 0.288 e. The Hall–Kier alpha value is -2.03. The normalized spacial score (nSPS) is 19.1. The molecule has 1 aliphatic heterocycles. The average molecular weight is 343 g/mol. The number of pyridine rings is 1. The van der Waals surface area contributed by atoms with E-state index in [0.717, 1.165) is 11.1 Å². The van der Waals surface area contributed by atoms with Gasteiger partial charge < -0.3 is 5.32 Å². The lowest BCUT2D eigenvalue weighted by atomic mass is 10.0. The Balaban J connectivity index is 2.16. The van der Waals surface area contributed by atoms with Gasteiger partial charge in [-0.1, -0.05) is 0 Å². The highest BCUT2D eigenvalue weighted by atomic mass is 79.9. The third-order valence-corrected chi connectivity index (χ3v) is 3.60. The molecule has 0 saturated carbocycles. The number of hydrogen-bond acceptors (Lipinski definition) is 6. The Morgan fingerprint density at radius 1 is 1.55 bits per heavy atom. The van der Waals surface area contributed by atoms with Crippen LogP contribution >= 0.6 is 15.9 Å². The number of likely N-dealkylation sites (N-methyl/N-ethyl adjacent to an activating group) is 1. The first-order chi connectivity index (χ1) is 9.40. The van der Waals surface area contributed by atoms with Crippen molar-refractivity contribution in [2.45, 2.75) is 18.9 Å². The summed E-state index contributed by atoms with van der Waals surface area (Å²) < 4.78 is 0.388. The van der Waals surface area contributed by atoms with Crippen LogP contribution in [0.4, 0.5) is 11.5 Å². The van der Waals surface area contributed by atoms with E-state index in [4.69, 9.17) is 0 Å². The number of piperidine rings is 1. The number of carbonyl (C=O) groups is 2. The number of nitrogens with one attached hydrogen (secondary N) is 1. The Kier molecular flexibility index (Phi) is 3.98. The molecule has 2 amide bonds. The molecule has 1 aromatic rings. The van der Waals surface area contributed by atoms with E-state index in [1.54, 1.807) is 0 Å². The standard InChI is InChI=1S/C11H11BrN4O4/c1-15-9(17)3-2-8(11(15)18)14-10-7(12)4-6(5-13-10)16(19)20/h4-5,8H,2-3H2,1H3,(H,13,14). The summed E-state index contributed by atoms with van der Waals surface area (Å²) in [5.74, 6) is -0.228.